The lowest BCUT2D eigenvalue weighted by atomic mass is 9.78. The quantitative estimate of drug-likeness (QED) is 0.853. The van der Waals surface area contributed by atoms with Gasteiger partial charge in [-0.05, 0) is 47.2 Å². The summed E-state index contributed by atoms with van der Waals surface area (Å²) in [6, 6.07) is 2.70. The molecule has 2 N–H and O–H groups in total. The molecule has 1 aliphatic carbocycles. The lowest BCUT2D eigenvalue weighted by Gasteiger charge is -2.31. The highest BCUT2D eigenvalue weighted by Crippen LogP contribution is 2.31. The Balaban J connectivity index is 1.88. The largest absolute Gasteiger partial charge is 0.328 e. The summed E-state index contributed by atoms with van der Waals surface area (Å²) in [5.74, 6) is 0.852. The Morgan fingerprint density at radius 1 is 1.58 bits per heavy atom. The molecule has 3 heteroatoms. The summed E-state index contributed by atoms with van der Waals surface area (Å²) in [7, 11) is 0. The van der Waals surface area contributed by atoms with E-state index in [1.54, 1.807) is 0 Å². The third kappa shape index (κ3) is 1.90. The van der Waals surface area contributed by atoms with Crippen LogP contribution in [0.4, 0.5) is 0 Å². The maximum Gasteiger partial charge on any atom is 0.0285 e. The molecule has 1 heterocycles. The summed E-state index contributed by atoms with van der Waals surface area (Å²) in [5, 5.41) is 2.15. The molecule has 1 aromatic rings. The van der Waals surface area contributed by atoms with Crippen molar-refractivity contribution >= 4 is 27.3 Å². The average Bonchev–Trinajstić information content (AvgIpc) is 2.33. The molecule has 1 nitrogen and oxygen atoms in total. The van der Waals surface area contributed by atoms with Gasteiger partial charge in [0.2, 0.25) is 0 Å². The van der Waals surface area contributed by atoms with Crippen molar-refractivity contribution in [1.29, 1.82) is 0 Å². The summed E-state index contributed by atoms with van der Waals surface area (Å²) in [6.45, 7) is 0. The van der Waals surface area contributed by atoms with Gasteiger partial charge >= 0.3 is 0 Å². The minimum absolute atomic E-state index is 0.485. The second-order valence-electron chi connectivity index (χ2n) is 3.53. The van der Waals surface area contributed by atoms with E-state index >= 15 is 0 Å². The van der Waals surface area contributed by atoms with Gasteiger partial charge in [0.1, 0.15) is 0 Å². The van der Waals surface area contributed by atoms with Crippen LogP contribution in [0.5, 0.6) is 0 Å². The molecule has 0 atom stereocenters. The monoisotopic (exact) mass is 245 g/mol. The van der Waals surface area contributed by atoms with Crippen LogP contribution in [0, 0.1) is 5.92 Å². The van der Waals surface area contributed by atoms with Gasteiger partial charge in [0.25, 0.3) is 0 Å². The van der Waals surface area contributed by atoms with E-state index in [1.807, 2.05) is 11.3 Å². The average molecular weight is 246 g/mol. The number of nitrogens with two attached hydrogens (primary N) is 1. The Hall–Kier alpha value is 0.140. The van der Waals surface area contributed by atoms with Crippen LogP contribution in [-0.2, 0) is 6.42 Å². The topological polar surface area (TPSA) is 26.0 Å². The molecule has 1 saturated carbocycles. The van der Waals surface area contributed by atoms with Crippen LogP contribution in [0.15, 0.2) is 15.9 Å². The summed E-state index contributed by atoms with van der Waals surface area (Å²) in [5.41, 5.74) is 5.72. The lowest BCUT2D eigenvalue weighted by Crippen LogP contribution is -2.37. The van der Waals surface area contributed by atoms with Crippen LogP contribution >= 0.6 is 27.3 Å². The van der Waals surface area contributed by atoms with Crippen molar-refractivity contribution in [3.05, 3.63) is 20.8 Å². The van der Waals surface area contributed by atoms with Gasteiger partial charge in [0, 0.05) is 20.8 Å². The Labute approximate surface area is 85.1 Å². The molecule has 1 fully saturated rings. The van der Waals surface area contributed by atoms with E-state index in [9.17, 15) is 0 Å². The molecule has 0 radical (unpaired) electrons. The highest BCUT2D eigenvalue weighted by Gasteiger charge is 2.25. The summed E-state index contributed by atoms with van der Waals surface area (Å²) in [4.78, 5) is 1.48. The Bertz CT molecular complexity index is 265. The second-order valence-corrected chi connectivity index (χ2v) is 5.44. The van der Waals surface area contributed by atoms with E-state index < -0.39 is 0 Å². The zero-order chi connectivity index (χ0) is 8.55. The minimum atomic E-state index is 0.485. The molecule has 1 aromatic heterocycles. The summed E-state index contributed by atoms with van der Waals surface area (Å²) in [6.07, 6.45) is 3.66. The van der Waals surface area contributed by atoms with Gasteiger partial charge in [-0.3, -0.25) is 0 Å². The SMILES string of the molecule is NC1CC(Cc2cc(Br)cs2)C1. The molecule has 0 saturated heterocycles. The van der Waals surface area contributed by atoms with Gasteiger partial charge in [-0.15, -0.1) is 11.3 Å². The van der Waals surface area contributed by atoms with Crippen molar-refractivity contribution in [1.82, 2.24) is 0 Å². The van der Waals surface area contributed by atoms with Gasteiger partial charge in [0.05, 0.1) is 0 Å². The van der Waals surface area contributed by atoms with Crippen molar-refractivity contribution in [2.45, 2.75) is 25.3 Å². The van der Waals surface area contributed by atoms with Crippen LogP contribution in [0.3, 0.4) is 0 Å². The smallest absolute Gasteiger partial charge is 0.0285 e. The van der Waals surface area contributed by atoms with Gasteiger partial charge in [-0.2, -0.15) is 0 Å². The second kappa shape index (κ2) is 3.48. The maximum absolute atomic E-state index is 5.72. The molecule has 66 valence electrons. The minimum Gasteiger partial charge on any atom is -0.328 e. The normalized spacial score (nSPS) is 28.5. The zero-order valence-corrected chi connectivity index (χ0v) is 9.20. The first-order valence-corrected chi connectivity index (χ1v) is 5.90. The number of hydrogen-bond donors (Lipinski definition) is 1. The van der Waals surface area contributed by atoms with Crippen LogP contribution in [0.1, 0.15) is 17.7 Å². The molecular formula is C9H12BrNS. The van der Waals surface area contributed by atoms with Crippen molar-refractivity contribution in [3.63, 3.8) is 0 Å². The third-order valence-electron chi connectivity index (χ3n) is 2.38. The predicted molar refractivity (Wildman–Crippen MR) is 56.4 cm³/mol. The molecule has 0 aliphatic heterocycles. The number of hydrogen-bond acceptors (Lipinski definition) is 2. The van der Waals surface area contributed by atoms with Gasteiger partial charge in [0.15, 0.2) is 0 Å². The van der Waals surface area contributed by atoms with Crippen molar-refractivity contribution in [2.24, 2.45) is 11.7 Å². The fourth-order valence-corrected chi connectivity index (χ4v) is 3.27. The molecule has 1 aliphatic rings. The van der Waals surface area contributed by atoms with Gasteiger partial charge < -0.3 is 5.73 Å². The van der Waals surface area contributed by atoms with E-state index in [0.717, 1.165) is 5.92 Å². The van der Waals surface area contributed by atoms with Gasteiger partial charge in [-0.1, -0.05) is 0 Å². The van der Waals surface area contributed by atoms with E-state index in [0.29, 0.717) is 6.04 Å². The highest BCUT2D eigenvalue weighted by molar-refractivity contribution is 9.10. The molecule has 12 heavy (non-hydrogen) atoms. The number of rotatable bonds is 2. The number of halogens is 1. The van der Waals surface area contributed by atoms with E-state index in [-0.39, 0.29) is 0 Å². The first-order chi connectivity index (χ1) is 5.74. The van der Waals surface area contributed by atoms with E-state index in [2.05, 4.69) is 27.4 Å². The molecule has 2 rings (SSSR count). The highest BCUT2D eigenvalue weighted by atomic mass is 79.9. The number of thiophene rings is 1. The standard InChI is InChI=1S/C9H12BrNS/c10-7-4-9(12-5-7)3-6-1-8(11)2-6/h4-6,8H,1-3,11H2. The van der Waals surface area contributed by atoms with E-state index in [1.165, 1.54) is 28.6 Å². The molecule has 0 bridgehead atoms. The Morgan fingerprint density at radius 2 is 2.33 bits per heavy atom. The van der Waals surface area contributed by atoms with Crippen molar-refractivity contribution in [2.75, 3.05) is 0 Å². The van der Waals surface area contributed by atoms with Crippen LogP contribution in [0.25, 0.3) is 0 Å². The van der Waals surface area contributed by atoms with Crippen LogP contribution in [0.2, 0.25) is 0 Å². The molecule has 0 spiro atoms. The molecule has 0 amide bonds. The fraction of sp³-hybridized carbons (Fsp3) is 0.556. The first kappa shape index (κ1) is 8.73. The van der Waals surface area contributed by atoms with Gasteiger partial charge in [-0.25, -0.2) is 0 Å². The summed E-state index contributed by atoms with van der Waals surface area (Å²) >= 11 is 5.30. The maximum atomic E-state index is 5.72. The van der Waals surface area contributed by atoms with Crippen LogP contribution in [-0.4, -0.2) is 6.04 Å². The lowest BCUT2D eigenvalue weighted by molar-refractivity contribution is 0.265. The Kier molecular flexibility index (Phi) is 2.53. The Morgan fingerprint density at radius 3 is 2.83 bits per heavy atom. The first-order valence-electron chi connectivity index (χ1n) is 4.22. The van der Waals surface area contributed by atoms with E-state index in [4.69, 9.17) is 5.73 Å². The third-order valence-corrected chi connectivity index (χ3v) is 4.10. The van der Waals surface area contributed by atoms with Crippen molar-refractivity contribution in [3.8, 4) is 0 Å². The molecule has 0 aromatic carbocycles. The van der Waals surface area contributed by atoms with Crippen molar-refractivity contribution < 1.29 is 0 Å². The van der Waals surface area contributed by atoms with Crippen LogP contribution < -0.4 is 5.73 Å². The zero-order valence-electron chi connectivity index (χ0n) is 6.79. The molecule has 0 unspecified atom stereocenters. The summed E-state index contributed by atoms with van der Waals surface area (Å²) < 4.78 is 1.21. The fourth-order valence-electron chi connectivity index (χ4n) is 1.70. The predicted octanol–water partition coefficient (Wildman–Crippen LogP) is 2.79. The molecular weight excluding hydrogens is 234 g/mol.